The maximum atomic E-state index is 8.06. The molecule has 0 heterocycles. The second kappa shape index (κ2) is 22.6. The zero-order chi connectivity index (χ0) is 9.86. The molecule has 0 saturated heterocycles. The second-order valence-electron chi connectivity index (χ2n) is 2.50. The van der Waals surface area contributed by atoms with Gasteiger partial charge < -0.3 is 15.3 Å². The summed E-state index contributed by atoms with van der Waals surface area (Å²) in [7, 11) is 0. The maximum absolute atomic E-state index is 8.06. The van der Waals surface area contributed by atoms with Crippen LogP contribution in [0.3, 0.4) is 0 Å². The van der Waals surface area contributed by atoms with Gasteiger partial charge in [0.25, 0.3) is 0 Å². The molecule has 0 aromatic heterocycles. The molecule has 76 valence electrons. The summed E-state index contributed by atoms with van der Waals surface area (Å²) in [5.41, 5.74) is 0. The summed E-state index contributed by atoms with van der Waals surface area (Å²) in [5, 5.41) is 23.7. The predicted molar refractivity (Wildman–Crippen MR) is 47.5 cm³/mol. The Hall–Kier alpha value is 0.594. The van der Waals surface area contributed by atoms with Crippen LogP contribution in [0.15, 0.2) is 0 Å². The van der Waals surface area contributed by atoms with Gasteiger partial charge in [-0.15, -0.1) is 0 Å². The van der Waals surface area contributed by atoms with E-state index < -0.39 is 0 Å². The molecule has 0 atom stereocenters. The van der Waals surface area contributed by atoms with Crippen LogP contribution in [0.5, 0.6) is 0 Å². The van der Waals surface area contributed by atoms with Crippen LogP contribution in [0, 0.1) is 0 Å². The zero-order valence-electron chi connectivity index (χ0n) is 8.70. The maximum Gasteiger partial charge on any atom is 0.0483 e. The molecular weight excluding hydrogens is 192 g/mol. The molecular formula is C8H22O3Ti. The third-order valence-corrected chi connectivity index (χ3v) is 0. The largest absolute Gasteiger partial charge is 0.397 e. The first-order valence-electron chi connectivity index (χ1n) is 3.85. The zero-order valence-corrected chi connectivity index (χ0v) is 10.3. The Morgan fingerprint density at radius 2 is 0.917 bits per heavy atom. The normalized spacial score (nSPS) is 7.50. The number of aliphatic hydroxyl groups is 3. The van der Waals surface area contributed by atoms with Gasteiger partial charge in [0, 0.05) is 40.5 Å². The third-order valence-electron chi connectivity index (χ3n) is 0. The third kappa shape index (κ3) is 2760. The van der Waals surface area contributed by atoms with Gasteiger partial charge in [-0.1, -0.05) is 0 Å². The van der Waals surface area contributed by atoms with E-state index in [-0.39, 0.29) is 40.5 Å². The molecule has 0 aliphatic rings. The van der Waals surface area contributed by atoms with E-state index >= 15 is 0 Å². The van der Waals surface area contributed by atoms with Gasteiger partial charge in [-0.25, -0.2) is 0 Å². The van der Waals surface area contributed by atoms with Crippen LogP contribution in [-0.4, -0.2) is 34.1 Å². The summed E-state index contributed by atoms with van der Waals surface area (Å²) in [5.74, 6) is 0. The van der Waals surface area contributed by atoms with Crippen molar-refractivity contribution in [2.45, 2.75) is 46.8 Å². The molecule has 0 aromatic carbocycles. The van der Waals surface area contributed by atoms with Gasteiger partial charge in [0.05, 0.1) is 0 Å². The Balaban J connectivity index is -0.0000000389. The van der Waals surface area contributed by atoms with E-state index in [2.05, 4.69) is 0 Å². The van der Waals surface area contributed by atoms with Crippen molar-refractivity contribution in [1.29, 1.82) is 0 Å². The molecule has 4 heteroatoms. The van der Waals surface area contributed by atoms with Gasteiger partial charge in [-0.2, -0.15) is 0 Å². The van der Waals surface area contributed by atoms with Crippen molar-refractivity contribution in [3.05, 3.63) is 0 Å². The molecule has 3 nitrogen and oxygen atoms in total. The Morgan fingerprint density at radius 3 is 0.917 bits per heavy atom. The summed E-state index contributed by atoms with van der Waals surface area (Å²) in [6, 6.07) is 0. The van der Waals surface area contributed by atoms with Gasteiger partial charge >= 0.3 is 0 Å². The monoisotopic (exact) mass is 214 g/mol. The fraction of sp³-hybridized carbons (Fsp3) is 1.00. The summed E-state index contributed by atoms with van der Waals surface area (Å²) < 4.78 is 0. The first-order chi connectivity index (χ1) is 4.88. The molecule has 12 heavy (non-hydrogen) atoms. The van der Waals surface area contributed by atoms with Crippen molar-refractivity contribution >= 4 is 0 Å². The minimum Gasteiger partial charge on any atom is -0.397 e. The van der Waals surface area contributed by atoms with Crippen molar-refractivity contribution < 1.29 is 37.0 Å². The van der Waals surface area contributed by atoms with Crippen LogP contribution in [0.25, 0.3) is 0 Å². The number of rotatable bonds is 0. The van der Waals surface area contributed by atoms with Gasteiger partial charge in [0.1, 0.15) is 0 Å². The van der Waals surface area contributed by atoms with Crippen molar-refractivity contribution in [2.24, 2.45) is 0 Å². The van der Waals surface area contributed by atoms with E-state index in [0.29, 0.717) is 0 Å². The average Bonchev–Trinajstić information content (AvgIpc) is 1.60. The van der Waals surface area contributed by atoms with Crippen molar-refractivity contribution in [2.75, 3.05) is 6.61 Å². The molecule has 0 aromatic rings. The average molecular weight is 214 g/mol. The van der Waals surface area contributed by atoms with E-state index in [9.17, 15) is 0 Å². The number of hydrogen-bond donors (Lipinski definition) is 3. The quantitative estimate of drug-likeness (QED) is 0.522. The van der Waals surface area contributed by atoms with Gasteiger partial charge in [0.2, 0.25) is 0 Å². The Labute approximate surface area is 90.7 Å². The molecule has 0 radical (unpaired) electrons. The minimum absolute atomic E-state index is 0. The molecule has 0 bridgehead atoms. The van der Waals surface area contributed by atoms with Gasteiger partial charge in [-0.05, 0) is 34.6 Å². The standard InChI is InChI=1S/2C3H8O.C2H6O.Ti/c2*1-3(2)4;1-2-3;/h2*3-4H,1-2H3;3H,2H2,1H3;. The van der Waals surface area contributed by atoms with Crippen LogP contribution in [0.1, 0.15) is 34.6 Å². The molecule has 0 aliphatic heterocycles. The molecule has 0 amide bonds. The second-order valence-corrected chi connectivity index (χ2v) is 2.50. The molecule has 0 aliphatic carbocycles. The topological polar surface area (TPSA) is 60.7 Å². The number of hydrogen-bond acceptors (Lipinski definition) is 3. The molecule has 0 fully saturated rings. The Kier molecular flexibility index (Phi) is 43.1. The molecule has 0 rings (SSSR count). The molecule has 0 unspecified atom stereocenters. The van der Waals surface area contributed by atoms with Crippen LogP contribution < -0.4 is 0 Å². The fourth-order valence-corrected chi connectivity index (χ4v) is 0. The predicted octanol–water partition coefficient (Wildman–Crippen LogP) is 0.770. The van der Waals surface area contributed by atoms with E-state index in [1.807, 2.05) is 0 Å². The Morgan fingerprint density at radius 1 is 0.917 bits per heavy atom. The van der Waals surface area contributed by atoms with Crippen LogP contribution >= 0.6 is 0 Å². The van der Waals surface area contributed by atoms with E-state index in [1.54, 1.807) is 34.6 Å². The summed E-state index contributed by atoms with van der Waals surface area (Å²) in [4.78, 5) is 0. The SMILES string of the molecule is CC(C)O.CC(C)O.CCO.[Ti]. The molecule has 3 N–H and O–H groups in total. The van der Waals surface area contributed by atoms with Gasteiger partial charge in [-0.3, -0.25) is 0 Å². The summed E-state index contributed by atoms with van der Waals surface area (Å²) in [6.07, 6.45) is -0.333. The van der Waals surface area contributed by atoms with Gasteiger partial charge in [0.15, 0.2) is 0 Å². The van der Waals surface area contributed by atoms with E-state index in [4.69, 9.17) is 15.3 Å². The van der Waals surface area contributed by atoms with E-state index in [0.717, 1.165) is 0 Å². The van der Waals surface area contributed by atoms with Crippen molar-refractivity contribution in [3.8, 4) is 0 Å². The first kappa shape index (κ1) is 22.9. The Bertz CT molecular complexity index is 38.1. The summed E-state index contributed by atoms with van der Waals surface area (Å²) >= 11 is 0. The molecule has 0 saturated carbocycles. The molecule has 0 spiro atoms. The smallest absolute Gasteiger partial charge is 0.0483 e. The van der Waals surface area contributed by atoms with E-state index in [1.165, 1.54) is 0 Å². The summed E-state index contributed by atoms with van der Waals surface area (Å²) in [6.45, 7) is 8.82. The van der Waals surface area contributed by atoms with Crippen LogP contribution in [0.2, 0.25) is 0 Å². The minimum atomic E-state index is -0.167. The van der Waals surface area contributed by atoms with Crippen LogP contribution in [0.4, 0.5) is 0 Å². The fourth-order valence-electron chi connectivity index (χ4n) is 0. The number of aliphatic hydroxyl groups excluding tert-OH is 3. The van der Waals surface area contributed by atoms with Crippen LogP contribution in [-0.2, 0) is 21.7 Å². The first-order valence-corrected chi connectivity index (χ1v) is 3.85. The van der Waals surface area contributed by atoms with Crippen molar-refractivity contribution in [3.63, 3.8) is 0 Å². The van der Waals surface area contributed by atoms with Crippen molar-refractivity contribution in [1.82, 2.24) is 0 Å².